The van der Waals surface area contributed by atoms with Crippen LogP contribution in [-0.2, 0) is 6.42 Å². The fraction of sp³-hybridized carbons (Fsp3) is 0.571. The molecule has 2 nitrogen and oxygen atoms in total. The molecule has 0 aromatic carbocycles. The number of nitrogens with two attached hydrogens (primary N) is 1. The van der Waals surface area contributed by atoms with Gasteiger partial charge in [-0.3, -0.25) is 11.3 Å². The van der Waals surface area contributed by atoms with Gasteiger partial charge in [-0.1, -0.05) is 25.8 Å². The monoisotopic (exact) mass is 252 g/mol. The minimum Gasteiger partial charge on any atom is -0.271 e. The van der Waals surface area contributed by atoms with Crippen LogP contribution in [0.5, 0.6) is 0 Å². The van der Waals surface area contributed by atoms with E-state index in [-0.39, 0.29) is 0 Å². The molecule has 0 fully saturated rings. The smallest absolute Gasteiger partial charge is 0.0553 e. The van der Waals surface area contributed by atoms with Gasteiger partial charge in [0.1, 0.15) is 0 Å². The van der Waals surface area contributed by atoms with Gasteiger partial charge in [-0.25, -0.2) is 0 Å². The third kappa shape index (κ3) is 5.02. The largest absolute Gasteiger partial charge is 0.271 e. The second kappa shape index (κ2) is 8.45. The highest BCUT2D eigenvalue weighted by molar-refractivity contribution is 7.12. The molecule has 17 heavy (non-hydrogen) atoms. The third-order valence-corrected chi connectivity index (χ3v) is 4.32. The van der Waals surface area contributed by atoms with Gasteiger partial charge in [-0.15, -0.1) is 17.9 Å². The maximum absolute atomic E-state index is 5.64. The van der Waals surface area contributed by atoms with Gasteiger partial charge in [0.25, 0.3) is 0 Å². The lowest BCUT2D eigenvalue weighted by Gasteiger charge is -2.13. The second-order valence-corrected chi connectivity index (χ2v) is 5.50. The first kappa shape index (κ1) is 14.4. The molecule has 0 spiro atoms. The fourth-order valence-corrected chi connectivity index (χ4v) is 2.94. The van der Waals surface area contributed by atoms with Crippen LogP contribution in [0.4, 0.5) is 0 Å². The Morgan fingerprint density at radius 1 is 1.41 bits per heavy atom. The normalized spacial score (nSPS) is 12.6. The van der Waals surface area contributed by atoms with Crippen LogP contribution in [0.15, 0.2) is 24.8 Å². The van der Waals surface area contributed by atoms with Crippen molar-refractivity contribution in [1.82, 2.24) is 5.43 Å². The zero-order valence-corrected chi connectivity index (χ0v) is 11.6. The average molecular weight is 252 g/mol. The maximum Gasteiger partial charge on any atom is 0.0553 e. The molecule has 1 aromatic heterocycles. The zero-order chi connectivity index (χ0) is 12.5. The van der Waals surface area contributed by atoms with Gasteiger partial charge >= 0.3 is 0 Å². The third-order valence-electron chi connectivity index (χ3n) is 2.98. The predicted octanol–water partition coefficient (Wildman–Crippen LogP) is 3.95. The second-order valence-electron chi connectivity index (χ2n) is 4.30. The Balaban J connectivity index is 2.34. The molecule has 1 rings (SSSR count). The number of allylic oxidation sites excluding steroid dienone is 1. The molecule has 0 aliphatic carbocycles. The van der Waals surface area contributed by atoms with Crippen molar-refractivity contribution < 1.29 is 0 Å². The predicted molar refractivity (Wildman–Crippen MR) is 77.0 cm³/mol. The summed E-state index contributed by atoms with van der Waals surface area (Å²) in [6.45, 7) is 5.93. The van der Waals surface area contributed by atoms with Gasteiger partial charge < -0.3 is 0 Å². The van der Waals surface area contributed by atoms with Crippen molar-refractivity contribution in [2.24, 2.45) is 5.84 Å². The fourth-order valence-electron chi connectivity index (χ4n) is 1.89. The van der Waals surface area contributed by atoms with Crippen LogP contribution in [0.3, 0.4) is 0 Å². The highest BCUT2D eigenvalue weighted by Crippen LogP contribution is 2.27. The molecule has 0 radical (unpaired) electrons. The summed E-state index contributed by atoms with van der Waals surface area (Å²) in [4.78, 5) is 2.81. The Morgan fingerprint density at radius 2 is 2.24 bits per heavy atom. The van der Waals surface area contributed by atoms with E-state index in [9.17, 15) is 0 Å². The van der Waals surface area contributed by atoms with E-state index in [0.717, 1.165) is 19.3 Å². The van der Waals surface area contributed by atoms with Crippen molar-refractivity contribution in [2.75, 3.05) is 0 Å². The van der Waals surface area contributed by atoms with Gasteiger partial charge in [-0.2, -0.15) is 0 Å². The van der Waals surface area contributed by atoms with Gasteiger partial charge in [0.05, 0.1) is 6.04 Å². The lowest BCUT2D eigenvalue weighted by molar-refractivity contribution is 0.490. The van der Waals surface area contributed by atoms with Crippen LogP contribution in [0.1, 0.15) is 54.8 Å². The van der Waals surface area contributed by atoms with Crippen molar-refractivity contribution in [2.45, 2.75) is 51.5 Å². The molecule has 1 heterocycles. The lowest BCUT2D eigenvalue weighted by Crippen LogP contribution is -2.27. The van der Waals surface area contributed by atoms with E-state index in [0.29, 0.717) is 6.04 Å². The molecule has 0 bridgehead atoms. The standard InChI is InChI=1S/C14H24N2S/c1-3-5-6-7-8-9-13(16-15)14-11-10-12(4-2)17-14/h3,10-11,13,16H,1,4-9,15H2,2H3. The summed E-state index contributed by atoms with van der Waals surface area (Å²) in [6.07, 6.45) is 9.08. The number of hydrogen-bond donors (Lipinski definition) is 2. The van der Waals surface area contributed by atoms with E-state index >= 15 is 0 Å². The van der Waals surface area contributed by atoms with Crippen LogP contribution < -0.4 is 11.3 Å². The average Bonchev–Trinajstić information content (AvgIpc) is 2.82. The lowest BCUT2D eigenvalue weighted by atomic mass is 10.1. The van der Waals surface area contributed by atoms with E-state index in [1.165, 1.54) is 29.0 Å². The molecule has 0 saturated carbocycles. The van der Waals surface area contributed by atoms with Gasteiger partial charge in [0.15, 0.2) is 0 Å². The minimum absolute atomic E-state index is 0.323. The summed E-state index contributed by atoms with van der Waals surface area (Å²) in [7, 11) is 0. The van der Waals surface area contributed by atoms with E-state index in [1.54, 1.807) is 0 Å². The first-order chi connectivity index (χ1) is 8.31. The molecule has 0 aliphatic heterocycles. The van der Waals surface area contributed by atoms with E-state index < -0.39 is 0 Å². The van der Waals surface area contributed by atoms with Gasteiger partial charge in [0, 0.05) is 9.75 Å². The summed E-state index contributed by atoms with van der Waals surface area (Å²) >= 11 is 1.88. The highest BCUT2D eigenvalue weighted by Gasteiger charge is 2.11. The van der Waals surface area contributed by atoms with Crippen molar-refractivity contribution in [3.8, 4) is 0 Å². The molecule has 96 valence electrons. The van der Waals surface area contributed by atoms with Crippen LogP contribution in [-0.4, -0.2) is 0 Å². The number of nitrogens with one attached hydrogen (secondary N) is 1. The summed E-state index contributed by atoms with van der Waals surface area (Å²) in [5, 5.41) is 0. The molecule has 1 unspecified atom stereocenters. The molecular weight excluding hydrogens is 228 g/mol. The maximum atomic E-state index is 5.64. The van der Waals surface area contributed by atoms with Crippen molar-refractivity contribution in [3.63, 3.8) is 0 Å². The molecule has 1 atom stereocenters. The van der Waals surface area contributed by atoms with Crippen molar-refractivity contribution in [1.29, 1.82) is 0 Å². The first-order valence-electron chi connectivity index (χ1n) is 6.47. The Bertz CT molecular complexity index is 320. The summed E-state index contributed by atoms with van der Waals surface area (Å²) in [5.74, 6) is 5.64. The topological polar surface area (TPSA) is 38.0 Å². The number of aryl methyl sites for hydroxylation is 1. The Kier molecular flexibility index (Phi) is 7.17. The van der Waals surface area contributed by atoms with Crippen LogP contribution >= 0.6 is 11.3 Å². The Labute approximate surface area is 109 Å². The highest BCUT2D eigenvalue weighted by atomic mass is 32.1. The number of hydrogen-bond acceptors (Lipinski definition) is 3. The van der Waals surface area contributed by atoms with Crippen LogP contribution in [0, 0.1) is 0 Å². The number of thiophene rings is 1. The van der Waals surface area contributed by atoms with E-state index in [1.807, 2.05) is 17.4 Å². The molecular formula is C14H24N2S. The van der Waals surface area contributed by atoms with Crippen LogP contribution in [0.25, 0.3) is 0 Å². The first-order valence-corrected chi connectivity index (χ1v) is 7.29. The number of hydrazine groups is 1. The quantitative estimate of drug-likeness (QED) is 0.302. The molecule has 0 aliphatic rings. The van der Waals surface area contributed by atoms with Crippen molar-refractivity contribution in [3.05, 3.63) is 34.5 Å². The van der Waals surface area contributed by atoms with E-state index in [4.69, 9.17) is 5.84 Å². The molecule has 1 aromatic rings. The molecule has 0 amide bonds. The zero-order valence-electron chi connectivity index (χ0n) is 10.7. The Morgan fingerprint density at radius 3 is 2.82 bits per heavy atom. The number of rotatable bonds is 9. The summed E-state index contributed by atoms with van der Waals surface area (Å²) in [5.41, 5.74) is 2.94. The molecule has 3 heteroatoms. The van der Waals surface area contributed by atoms with Gasteiger partial charge in [-0.05, 0) is 37.8 Å². The molecule has 3 N–H and O–H groups in total. The van der Waals surface area contributed by atoms with Crippen LogP contribution in [0.2, 0.25) is 0 Å². The number of unbranched alkanes of at least 4 members (excludes halogenated alkanes) is 3. The molecule has 0 saturated heterocycles. The Hall–Kier alpha value is -0.640. The SMILES string of the molecule is C=CCCCCCC(NN)c1ccc(CC)s1. The summed E-state index contributed by atoms with van der Waals surface area (Å²) < 4.78 is 0. The summed E-state index contributed by atoms with van der Waals surface area (Å²) in [6, 6.07) is 4.74. The minimum atomic E-state index is 0.323. The van der Waals surface area contributed by atoms with E-state index in [2.05, 4.69) is 31.1 Å². The van der Waals surface area contributed by atoms with Crippen molar-refractivity contribution >= 4 is 11.3 Å². The van der Waals surface area contributed by atoms with Gasteiger partial charge in [0.2, 0.25) is 0 Å².